The normalized spacial score (nSPS) is 9.93. The Balaban J connectivity index is 2.90. The van der Waals surface area contributed by atoms with Crippen molar-refractivity contribution in [1.82, 2.24) is 0 Å². The van der Waals surface area contributed by atoms with Gasteiger partial charge in [-0.3, -0.25) is 0 Å². The van der Waals surface area contributed by atoms with Crippen molar-refractivity contribution in [2.24, 2.45) is 0 Å². The molecule has 3 heteroatoms. The maximum absolute atomic E-state index is 12.8. The first-order valence-electron chi connectivity index (χ1n) is 4.41. The molecule has 0 aromatic heterocycles. The predicted molar refractivity (Wildman–Crippen MR) is 58.9 cm³/mol. The number of likely N-dealkylation sites (N-methyl/N-ethyl adjacent to an activating group) is 1. The first kappa shape index (κ1) is 10.6. The largest absolute Gasteiger partial charge is 0.397 e. The fourth-order valence-electron chi connectivity index (χ4n) is 1.36. The van der Waals surface area contributed by atoms with Crippen LogP contribution in [0.5, 0.6) is 0 Å². The maximum Gasteiger partial charge on any atom is 0.125 e. The molecule has 0 amide bonds. The molecule has 0 aliphatic carbocycles. The summed E-state index contributed by atoms with van der Waals surface area (Å²) in [6.07, 6.45) is 0. The summed E-state index contributed by atoms with van der Waals surface area (Å²) >= 11 is 0. The summed E-state index contributed by atoms with van der Waals surface area (Å²) in [5, 5.41) is 0. The van der Waals surface area contributed by atoms with E-state index in [1.54, 1.807) is 6.07 Å². The fraction of sp³-hybridized carbons (Fsp3) is 0.273. The van der Waals surface area contributed by atoms with E-state index < -0.39 is 0 Å². The van der Waals surface area contributed by atoms with E-state index in [1.165, 1.54) is 12.1 Å². The Morgan fingerprint density at radius 3 is 2.71 bits per heavy atom. The molecule has 0 spiro atoms. The number of hydrogen-bond acceptors (Lipinski definition) is 2. The summed E-state index contributed by atoms with van der Waals surface area (Å²) in [5.74, 6) is -0.310. The number of halogens is 1. The number of nitrogens with zero attached hydrogens (tertiary/aromatic N) is 1. The molecular weight excluding hydrogens is 179 g/mol. The lowest BCUT2D eigenvalue weighted by atomic mass is 10.2. The number of benzene rings is 1. The third-order valence-corrected chi connectivity index (χ3v) is 1.91. The van der Waals surface area contributed by atoms with Crippen molar-refractivity contribution in [2.45, 2.75) is 6.92 Å². The fourth-order valence-corrected chi connectivity index (χ4v) is 1.36. The van der Waals surface area contributed by atoms with Crippen molar-refractivity contribution in [3.05, 3.63) is 36.2 Å². The Morgan fingerprint density at radius 1 is 1.57 bits per heavy atom. The van der Waals surface area contributed by atoms with Crippen LogP contribution in [0.2, 0.25) is 0 Å². The SMILES string of the molecule is C=C(C)CN(C)c1ccc(F)cc1N. The third kappa shape index (κ3) is 2.49. The van der Waals surface area contributed by atoms with E-state index in [1.807, 2.05) is 18.9 Å². The number of anilines is 2. The molecule has 0 atom stereocenters. The monoisotopic (exact) mass is 194 g/mol. The van der Waals surface area contributed by atoms with Gasteiger partial charge in [-0.2, -0.15) is 0 Å². The summed E-state index contributed by atoms with van der Waals surface area (Å²) in [4.78, 5) is 1.94. The molecule has 2 nitrogen and oxygen atoms in total. The van der Waals surface area contributed by atoms with Crippen molar-refractivity contribution in [3.63, 3.8) is 0 Å². The zero-order valence-electron chi connectivity index (χ0n) is 8.55. The van der Waals surface area contributed by atoms with Crippen molar-refractivity contribution in [2.75, 3.05) is 24.2 Å². The van der Waals surface area contributed by atoms with E-state index in [0.29, 0.717) is 5.69 Å². The van der Waals surface area contributed by atoms with Gasteiger partial charge in [-0.15, -0.1) is 0 Å². The Hall–Kier alpha value is -1.51. The molecular formula is C11H15FN2. The smallest absolute Gasteiger partial charge is 0.125 e. The maximum atomic E-state index is 12.8. The van der Waals surface area contributed by atoms with E-state index in [2.05, 4.69) is 6.58 Å². The molecule has 1 aromatic carbocycles. The zero-order chi connectivity index (χ0) is 10.7. The number of hydrogen-bond donors (Lipinski definition) is 1. The molecule has 0 saturated carbocycles. The number of rotatable bonds is 3. The van der Waals surface area contributed by atoms with E-state index in [4.69, 9.17) is 5.73 Å². The molecule has 0 radical (unpaired) electrons. The minimum Gasteiger partial charge on any atom is -0.397 e. The second kappa shape index (κ2) is 4.13. The highest BCUT2D eigenvalue weighted by atomic mass is 19.1. The third-order valence-electron chi connectivity index (χ3n) is 1.91. The molecule has 0 aliphatic heterocycles. The lowest BCUT2D eigenvalue weighted by Crippen LogP contribution is -2.20. The van der Waals surface area contributed by atoms with Gasteiger partial charge in [0.2, 0.25) is 0 Å². The van der Waals surface area contributed by atoms with Crippen LogP contribution >= 0.6 is 0 Å². The molecule has 0 saturated heterocycles. The second-order valence-corrected chi connectivity index (χ2v) is 3.52. The highest BCUT2D eigenvalue weighted by Crippen LogP contribution is 2.23. The van der Waals surface area contributed by atoms with Gasteiger partial charge in [-0.25, -0.2) is 4.39 Å². The van der Waals surface area contributed by atoms with Crippen LogP contribution in [0.1, 0.15) is 6.92 Å². The first-order valence-corrected chi connectivity index (χ1v) is 4.41. The molecule has 14 heavy (non-hydrogen) atoms. The summed E-state index contributed by atoms with van der Waals surface area (Å²) in [6.45, 7) is 6.47. The summed E-state index contributed by atoms with van der Waals surface area (Å²) < 4.78 is 12.8. The molecule has 1 aromatic rings. The molecule has 2 N–H and O–H groups in total. The average Bonchev–Trinajstić information content (AvgIpc) is 2.01. The molecule has 0 fully saturated rings. The lowest BCUT2D eigenvalue weighted by Gasteiger charge is -2.20. The number of nitrogens with two attached hydrogens (primary N) is 1. The van der Waals surface area contributed by atoms with Crippen LogP contribution in [-0.2, 0) is 0 Å². The van der Waals surface area contributed by atoms with Gasteiger partial charge in [-0.1, -0.05) is 12.2 Å². The van der Waals surface area contributed by atoms with E-state index >= 15 is 0 Å². The zero-order valence-corrected chi connectivity index (χ0v) is 8.55. The van der Waals surface area contributed by atoms with Gasteiger partial charge in [0.05, 0.1) is 11.4 Å². The van der Waals surface area contributed by atoms with Gasteiger partial charge in [0.25, 0.3) is 0 Å². The van der Waals surface area contributed by atoms with E-state index in [-0.39, 0.29) is 5.82 Å². The summed E-state index contributed by atoms with van der Waals surface area (Å²) in [5.41, 5.74) is 8.01. The highest BCUT2D eigenvalue weighted by Gasteiger charge is 2.05. The Bertz CT molecular complexity index is 347. The number of nitrogen functional groups attached to an aromatic ring is 1. The molecule has 0 bridgehead atoms. The molecule has 0 unspecified atom stereocenters. The van der Waals surface area contributed by atoms with Crippen LogP contribution in [0.3, 0.4) is 0 Å². The van der Waals surface area contributed by atoms with Crippen LogP contribution in [-0.4, -0.2) is 13.6 Å². The van der Waals surface area contributed by atoms with Crippen molar-refractivity contribution >= 4 is 11.4 Å². The van der Waals surface area contributed by atoms with Crippen molar-refractivity contribution < 1.29 is 4.39 Å². The Kier molecular flexibility index (Phi) is 3.12. The minimum atomic E-state index is -0.310. The van der Waals surface area contributed by atoms with Crippen LogP contribution in [0.4, 0.5) is 15.8 Å². The molecule has 0 aliphatic rings. The van der Waals surface area contributed by atoms with Crippen LogP contribution in [0, 0.1) is 5.82 Å². The molecule has 0 heterocycles. The Morgan fingerprint density at radius 2 is 2.21 bits per heavy atom. The second-order valence-electron chi connectivity index (χ2n) is 3.52. The van der Waals surface area contributed by atoms with Crippen molar-refractivity contribution in [3.8, 4) is 0 Å². The standard InChI is InChI=1S/C11H15FN2/c1-8(2)7-14(3)11-5-4-9(12)6-10(11)13/h4-6H,1,7,13H2,2-3H3. The van der Waals surface area contributed by atoms with Gasteiger partial charge in [0.15, 0.2) is 0 Å². The molecule has 76 valence electrons. The average molecular weight is 194 g/mol. The first-order chi connectivity index (χ1) is 6.50. The topological polar surface area (TPSA) is 29.3 Å². The quantitative estimate of drug-likeness (QED) is 0.591. The van der Waals surface area contributed by atoms with Gasteiger partial charge in [0.1, 0.15) is 5.82 Å². The van der Waals surface area contributed by atoms with Crippen LogP contribution in [0.25, 0.3) is 0 Å². The highest BCUT2D eigenvalue weighted by molar-refractivity contribution is 5.67. The van der Waals surface area contributed by atoms with Gasteiger partial charge < -0.3 is 10.6 Å². The summed E-state index contributed by atoms with van der Waals surface area (Å²) in [6, 6.07) is 4.40. The van der Waals surface area contributed by atoms with E-state index in [0.717, 1.165) is 17.8 Å². The van der Waals surface area contributed by atoms with Crippen LogP contribution < -0.4 is 10.6 Å². The van der Waals surface area contributed by atoms with Crippen molar-refractivity contribution in [1.29, 1.82) is 0 Å². The predicted octanol–water partition coefficient (Wildman–Crippen LogP) is 2.42. The molecule has 1 rings (SSSR count). The Labute approximate surface area is 83.8 Å². The van der Waals surface area contributed by atoms with Gasteiger partial charge >= 0.3 is 0 Å². The van der Waals surface area contributed by atoms with Crippen LogP contribution in [0.15, 0.2) is 30.4 Å². The van der Waals surface area contributed by atoms with Gasteiger partial charge in [-0.05, 0) is 25.1 Å². The van der Waals surface area contributed by atoms with Gasteiger partial charge in [0, 0.05) is 13.6 Å². The lowest BCUT2D eigenvalue weighted by molar-refractivity contribution is 0.628. The summed E-state index contributed by atoms with van der Waals surface area (Å²) in [7, 11) is 1.90. The van der Waals surface area contributed by atoms with E-state index in [9.17, 15) is 4.39 Å². The minimum absolute atomic E-state index is 0.310.